The molecule has 0 saturated carbocycles. The van der Waals surface area contributed by atoms with Crippen molar-refractivity contribution in [3.8, 4) is 23.0 Å². The van der Waals surface area contributed by atoms with Gasteiger partial charge in [-0.25, -0.2) is 18.6 Å². The highest BCUT2D eigenvalue weighted by atomic mass is 79.9. The Morgan fingerprint density at radius 2 is 1.52 bits per heavy atom. The van der Waals surface area contributed by atoms with Gasteiger partial charge in [0.25, 0.3) is 0 Å². The number of hydrogen-bond donors (Lipinski definition) is 5. The maximum atomic E-state index is 13.9. The van der Waals surface area contributed by atoms with E-state index in [2.05, 4.69) is 51.1 Å². The molecule has 0 radical (unpaired) electrons. The Kier molecular flexibility index (Phi) is 21.6. The molecule has 0 aliphatic carbocycles. The number of aliphatic imine (C=N–C) groups is 1. The molecule has 0 bridgehead atoms. The third kappa shape index (κ3) is 17.9. The van der Waals surface area contributed by atoms with Crippen LogP contribution in [0.2, 0.25) is 0 Å². The molecule has 2 aliphatic rings. The van der Waals surface area contributed by atoms with E-state index in [1.807, 2.05) is 69.3 Å². The van der Waals surface area contributed by atoms with Crippen molar-refractivity contribution >= 4 is 111 Å². The molecule has 3 heterocycles. The number of amidine groups is 1. The molecule has 2 fully saturated rings. The van der Waals surface area contributed by atoms with Gasteiger partial charge in [0.15, 0.2) is 44.3 Å². The minimum Gasteiger partial charge on any atom is -0.494 e. The summed E-state index contributed by atoms with van der Waals surface area (Å²) in [4.78, 5) is 46.2. The summed E-state index contributed by atoms with van der Waals surface area (Å²) in [6.07, 6.45) is 1.60. The average molecular weight is 1120 g/mol. The molecule has 7 rings (SSSR count). The van der Waals surface area contributed by atoms with Crippen LogP contribution in [0.1, 0.15) is 59.2 Å². The molecule has 3 atom stereocenters. The van der Waals surface area contributed by atoms with Crippen LogP contribution < -0.4 is 46.4 Å². The molecular formula is C48H56BrF2N8O8PS3. The number of anilines is 4. The topological polar surface area (TPSA) is 214 Å². The number of hydrogen-bond acceptors (Lipinski definition) is 15. The van der Waals surface area contributed by atoms with Crippen molar-refractivity contribution in [2.45, 2.75) is 51.4 Å². The first-order valence-electron chi connectivity index (χ1n) is 21.9. The van der Waals surface area contributed by atoms with Crippen LogP contribution in [0.3, 0.4) is 0 Å². The first-order chi connectivity index (χ1) is 33.9. The summed E-state index contributed by atoms with van der Waals surface area (Å²) in [7, 11) is 5.31. The number of halogens is 3. The molecule has 1 aromatic heterocycles. The van der Waals surface area contributed by atoms with Crippen LogP contribution in [-0.2, 0) is 4.74 Å². The number of ether oxygens (including phenoxy) is 5. The molecule has 7 N–H and O–H groups in total. The van der Waals surface area contributed by atoms with Crippen molar-refractivity contribution in [1.29, 1.82) is 0 Å². The first kappa shape index (κ1) is 56.3. The zero-order valence-electron chi connectivity index (χ0n) is 39.6. The summed E-state index contributed by atoms with van der Waals surface area (Å²) < 4.78 is 53.9. The van der Waals surface area contributed by atoms with Gasteiger partial charge in [0.05, 0.1) is 26.1 Å². The number of thiazole rings is 1. The maximum absolute atomic E-state index is 13.9. The van der Waals surface area contributed by atoms with Crippen molar-refractivity contribution in [1.82, 2.24) is 15.2 Å². The average Bonchev–Trinajstić information content (AvgIpc) is 4.12. The third-order valence-electron chi connectivity index (χ3n) is 9.94. The minimum absolute atomic E-state index is 0.0549. The number of ketones is 2. The Bertz CT molecular complexity index is 2640. The molecule has 4 aromatic carbocycles. The molecule has 71 heavy (non-hydrogen) atoms. The van der Waals surface area contributed by atoms with Crippen LogP contribution in [0.25, 0.3) is 0 Å². The number of nitrogens with two attached hydrogens (primary N) is 2. The van der Waals surface area contributed by atoms with Crippen molar-refractivity contribution < 1.29 is 46.8 Å². The van der Waals surface area contributed by atoms with E-state index < -0.39 is 23.0 Å². The first-order valence-corrected chi connectivity index (χ1v) is 26.1. The molecule has 23 heteroatoms. The Labute approximate surface area is 435 Å². The summed E-state index contributed by atoms with van der Waals surface area (Å²) in [5.41, 5.74) is 14.0. The number of nitrogens with one attached hydrogen (secondary N) is 3. The quantitative estimate of drug-likeness (QED) is 0.0175. The maximum Gasteiger partial charge on any atom is 0.410 e. The molecule has 2 saturated heterocycles. The van der Waals surface area contributed by atoms with Gasteiger partial charge in [-0.05, 0) is 131 Å². The Hall–Kier alpha value is -5.64. The molecule has 5 aromatic rings. The predicted molar refractivity (Wildman–Crippen MR) is 289 cm³/mol. The summed E-state index contributed by atoms with van der Waals surface area (Å²) in [5, 5.41) is 10.8. The predicted octanol–water partition coefficient (Wildman–Crippen LogP) is 9.65. The van der Waals surface area contributed by atoms with Crippen LogP contribution in [0.5, 0.6) is 23.0 Å². The normalized spacial score (nSPS) is 15.3. The number of thiocarbonyl (C=S) groups is 1. The SMILES string of the molecule is CC(C)(C)OC(=O)N1CCC(Oc2ccc(NC(=S)N=C(N)SCP)cc2)C1.COc1ccc(C(=O)CBr)cc1F.COc1ccc(C(=O)c2sc(Nc3ccc(OC4CCNC4)cc3)nc2N)cc1F. The van der Waals surface area contributed by atoms with Gasteiger partial charge in [-0.15, -0.1) is 9.24 Å². The number of rotatable bonds is 14. The summed E-state index contributed by atoms with van der Waals surface area (Å²) in [6, 6.07) is 23.1. The molecule has 3 unspecified atom stereocenters. The zero-order valence-corrected chi connectivity index (χ0v) is 44.8. The number of Topliss-reactive ketones (excluding diaryl/α,β-unsaturated/α-hetero) is 1. The van der Waals surface area contributed by atoms with Gasteiger partial charge in [-0.3, -0.25) is 9.59 Å². The highest BCUT2D eigenvalue weighted by molar-refractivity contribution is 9.09. The van der Waals surface area contributed by atoms with Crippen molar-refractivity contribution in [2.75, 3.05) is 67.6 Å². The van der Waals surface area contributed by atoms with E-state index >= 15 is 0 Å². The van der Waals surface area contributed by atoms with E-state index in [0.29, 0.717) is 34.1 Å². The van der Waals surface area contributed by atoms with Crippen LogP contribution in [0.4, 0.5) is 35.9 Å². The van der Waals surface area contributed by atoms with Gasteiger partial charge in [0.2, 0.25) is 5.78 Å². The number of aromatic nitrogens is 1. The molecule has 0 spiro atoms. The molecule has 2 aliphatic heterocycles. The monoisotopic (exact) mass is 1120 g/mol. The Balaban J connectivity index is 0.000000213. The number of nitrogens with zero attached hydrogens (tertiary/aromatic N) is 3. The number of carbonyl (C=O) groups is 3. The van der Waals surface area contributed by atoms with Crippen LogP contribution in [-0.4, -0.2) is 107 Å². The van der Waals surface area contributed by atoms with Gasteiger partial charge >= 0.3 is 6.09 Å². The molecular weight excluding hydrogens is 1060 g/mol. The summed E-state index contributed by atoms with van der Waals surface area (Å²) >= 11 is 10.7. The number of nitrogen functional groups attached to an aromatic ring is 1. The number of methoxy groups -OCH3 is 2. The number of thioether (sulfide) groups is 1. The second-order valence-electron chi connectivity index (χ2n) is 16.4. The van der Waals surface area contributed by atoms with E-state index in [-0.39, 0.29) is 57.2 Å². The third-order valence-corrected chi connectivity index (χ3v) is 12.7. The van der Waals surface area contributed by atoms with Crippen molar-refractivity contribution in [3.63, 3.8) is 0 Å². The molecule has 1 amide bonds. The fraction of sp³-hybridized carbons (Fsp3) is 0.333. The van der Waals surface area contributed by atoms with E-state index in [9.17, 15) is 23.2 Å². The number of alkyl halides is 1. The summed E-state index contributed by atoms with van der Waals surface area (Å²) in [6.45, 7) is 8.54. The van der Waals surface area contributed by atoms with E-state index in [4.69, 9.17) is 47.4 Å². The van der Waals surface area contributed by atoms with Gasteiger partial charge in [-0.1, -0.05) is 39.0 Å². The second kappa shape index (κ2) is 27.3. The van der Waals surface area contributed by atoms with Crippen LogP contribution in [0.15, 0.2) is 89.9 Å². The van der Waals surface area contributed by atoms with Gasteiger partial charge < -0.3 is 56.0 Å². The number of likely N-dealkylation sites (tertiary alicyclic amines) is 1. The van der Waals surface area contributed by atoms with Crippen LogP contribution >= 0.6 is 60.5 Å². The number of carbonyl (C=O) groups excluding carboxylic acids is 3. The lowest BCUT2D eigenvalue weighted by atomic mass is 10.1. The van der Waals surface area contributed by atoms with E-state index in [1.54, 1.807) is 4.90 Å². The zero-order chi connectivity index (χ0) is 51.7. The fourth-order valence-corrected chi connectivity index (χ4v) is 8.86. The molecule has 16 nitrogen and oxygen atoms in total. The fourth-order valence-electron chi connectivity index (χ4n) is 6.56. The Morgan fingerprint density at radius 3 is 2.07 bits per heavy atom. The lowest BCUT2D eigenvalue weighted by Gasteiger charge is -2.24. The van der Waals surface area contributed by atoms with Gasteiger partial charge in [0.1, 0.15) is 40.0 Å². The number of benzene rings is 4. The van der Waals surface area contributed by atoms with Crippen molar-refractivity contribution in [3.05, 3.63) is 113 Å². The summed E-state index contributed by atoms with van der Waals surface area (Å²) in [5.74, 6) is 0.163. The largest absolute Gasteiger partial charge is 0.494 e. The van der Waals surface area contributed by atoms with Gasteiger partial charge in [0, 0.05) is 47.5 Å². The lowest BCUT2D eigenvalue weighted by molar-refractivity contribution is 0.0275. The highest BCUT2D eigenvalue weighted by Gasteiger charge is 2.31. The number of amides is 1. The van der Waals surface area contributed by atoms with E-state index in [0.717, 1.165) is 71.7 Å². The highest BCUT2D eigenvalue weighted by Crippen LogP contribution is 2.32. The second-order valence-corrected chi connectivity index (χ2v) is 20.4. The van der Waals surface area contributed by atoms with Crippen LogP contribution in [0, 0.1) is 11.6 Å². The van der Waals surface area contributed by atoms with E-state index in [1.165, 1.54) is 56.3 Å². The standard InChI is InChI=1S/C21H21FN4O3S.C18H27N4O3PS2.C9H8BrFO2/c1-28-17-7-2-12(10-16(17)22)18(27)19-20(23)26-21(30-19)25-13-3-5-14(6-4-13)29-15-8-9-24-11-15;1-18(2,3)25-17(23)22-9-8-14(10-22)24-13-6-4-12(5-7-13)20-16(27)21-15(19)28-11-26;1-13-9-3-2-6(4-7(9)11)8(12)5-10/h2-7,10,15,24H,8-9,11,23H2,1H3,(H,25,26);4-7,14H,8-11,26H2,1-3H3,(H3,19,20,21,27);2-4H,5H2,1H3. The van der Waals surface area contributed by atoms with Gasteiger partial charge in [-0.2, -0.15) is 4.99 Å². The van der Waals surface area contributed by atoms with Crippen molar-refractivity contribution in [2.24, 2.45) is 10.7 Å². The molecule has 380 valence electrons. The smallest absolute Gasteiger partial charge is 0.410 e. The lowest BCUT2D eigenvalue weighted by Crippen LogP contribution is -2.36. The minimum atomic E-state index is -0.611. The Morgan fingerprint density at radius 1 is 0.930 bits per heavy atom.